The van der Waals surface area contributed by atoms with Gasteiger partial charge in [0.15, 0.2) is 11.5 Å². The lowest BCUT2D eigenvalue weighted by Crippen LogP contribution is -2.18. The summed E-state index contributed by atoms with van der Waals surface area (Å²) in [4.78, 5) is 20.1. The van der Waals surface area contributed by atoms with Gasteiger partial charge in [0.05, 0.1) is 0 Å². The Morgan fingerprint density at radius 3 is 2.84 bits per heavy atom. The molecule has 0 aliphatic carbocycles. The Bertz CT molecular complexity index is 623. The molecule has 19 heavy (non-hydrogen) atoms. The first-order valence-corrected chi connectivity index (χ1v) is 6.25. The van der Waals surface area contributed by atoms with Gasteiger partial charge in [-0.3, -0.25) is 4.79 Å². The third-order valence-electron chi connectivity index (χ3n) is 2.69. The first kappa shape index (κ1) is 13.5. The van der Waals surface area contributed by atoms with E-state index in [1.54, 1.807) is 19.3 Å². The average molecular weight is 280 g/mol. The first-order valence-electron chi connectivity index (χ1n) is 5.88. The molecule has 0 atom stereocenters. The van der Waals surface area contributed by atoms with E-state index in [0.717, 1.165) is 5.56 Å². The van der Waals surface area contributed by atoms with Crippen LogP contribution in [0.3, 0.4) is 0 Å². The zero-order valence-electron chi connectivity index (χ0n) is 10.9. The van der Waals surface area contributed by atoms with Crippen molar-refractivity contribution in [1.82, 2.24) is 25.1 Å². The fraction of sp³-hybridized carbons (Fsp3) is 0.333. The highest BCUT2D eigenvalue weighted by Crippen LogP contribution is 2.19. The summed E-state index contributed by atoms with van der Waals surface area (Å²) in [5.74, 6) is 0.988. The molecule has 2 aromatic heterocycles. The summed E-state index contributed by atoms with van der Waals surface area (Å²) in [6.07, 6.45) is 2.35. The number of aromatic nitrogens is 4. The van der Waals surface area contributed by atoms with E-state index in [2.05, 4.69) is 20.4 Å². The minimum absolute atomic E-state index is 0.243. The van der Waals surface area contributed by atoms with Crippen LogP contribution < -0.4 is 5.32 Å². The van der Waals surface area contributed by atoms with Gasteiger partial charge in [-0.2, -0.15) is 5.10 Å². The maximum Gasteiger partial charge on any atom is 0.271 e. The third-order valence-corrected chi connectivity index (χ3v) is 3.06. The van der Waals surface area contributed by atoms with Crippen LogP contribution >= 0.6 is 11.6 Å². The molecule has 2 heterocycles. The minimum atomic E-state index is -0.243. The number of carbonyl (C=O) groups excluding carboxylic acids is 1. The lowest BCUT2D eigenvalue weighted by Gasteiger charge is -2.08. The first-order chi connectivity index (χ1) is 9.06. The zero-order chi connectivity index (χ0) is 14.0. The Morgan fingerprint density at radius 2 is 2.21 bits per heavy atom. The highest BCUT2D eigenvalue weighted by molar-refractivity contribution is 6.30. The van der Waals surface area contributed by atoms with Crippen LogP contribution in [0.1, 0.15) is 28.8 Å². The van der Waals surface area contributed by atoms with Crippen LogP contribution in [0.2, 0.25) is 5.15 Å². The number of carbonyl (C=O) groups is 1. The topological polar surface area (TPSA) is 72.7 Å². The second-order valence-corrected chi connectivity index (χ2v) is 4.32. The van der Waals surface area contributed by atoms with Crippen LogP contribution in [0.15, 0.2) is 12.3 Å². The van der Waals surface area contributed by atoms with E-state index in [1.165, 1.54) is 4.68 Å². The van der Waals surface area contributed by atoms with Crippen LogP contribution in [0.4, 0.5) is 0 Å². The van der Waals surface area contributed by atoms with E-state index in [4.69, 9.17) is 11.6 Å². The van der Waals surface area contributed by atoms with Crippen LogP contribution in [0.5, 0.6) is 0 Å². The molecule has 2 aromatic rings. The van der Waals surface area contributed by atoms with Crippen molar-refractivity contribution in [3.05, 3.63) is 34.5 Å². The van der Waals surface area contributed by atoms with Crippen molar-refractivity contribution in [3.8, 4) is 5.82 Å². The van der Waals surface area contributed by atoms with E-state index in [9.17, 15) is 4.79 Å². The van der Waals surface area contributed by atoms with E-state index in [1.807, 2.05) is 13.8 Å². The Morgan fingerprint density at radius 1 is 1.47 bits per heavy atom. The summed E-state index contributed by atoms with van der Waals surface area (Å²) < 4.78 is 1.53. The maximum absolute atomic E-state index is 11.5. The Balaban J connectivity index is 2.49. The molecule has 100 valence electrons. The van der Waals surface area contributed by atoms with Gasteiger partial charge in [-0.15, -0.1) is 0 Å². The number of nitrogens with zero attached hydrogens (tertiary/aromatic N) is 4. The van der Waals surface area contributed by atoms with Crippen molar-refractivity contribution in [2.75, 3.05) is 7.05 Å². The zero-order valence-corrected chi connectivity index (χ0v) is 11.7. The normalized spacial score (nSPS) is 10.5. The third kappa shape index (κ3) is 2.58. The predicted octanol–water partition coefficient (Wildman–Crippen LogP) is 1.55. The monoisotopic (exact) mass is 279 g/mol. The molecule has 0 aliphatic rings. The van der Waals surface area contributed by atoms with Crippen molar-refractivity contribution >= 4 is 17.5 Å². The van der Waals surface area contributed by atoms with Gasteiger partial charge in [-0.1, -0.05) is 18.5 Å². The highest BCUT2D eigenvalue weighted by Gasteiger charge is 2.13. The standard InChI is InChI=1S/C12H14ClN5O/c1-4-9-15-10(13)7(2)11(16-9)18-6-5-8(17-18)12(19)14-3/h5-6H,4H2,1-3H3,(H,14,19). The molecule has 0 fully saturated rings. The molecule has 1 amide bonds. The van der Waals surface area contributed by atoms with Gasteiger partial charge in [-0.05, 0) is 13.0 Å². The van der Waals surface area contributed by atoms with Gasteiger partial charge in [0.25, 0.3) is 5.91 Å². The number of aryl methyl sites for hydroxylation is 1. The van der Waals surface area contributed by atoms with Crippen molar-refractivity contribution in [2.24, 2.45) is 0 Å². The fourth-order valence-electron chi connectivity index (χ4n) is 1.59. The van der Waals surface area contributed by atoms with Crippen molar-refractivity contribution in [2.45, 2.75) is 20.3 Å². The van der Waals surface area contributed by atoms with Gasteiger partial charge >= 0.3 is 0 Å². The molecule has 0 aliphatic heterocycles. The molecule has 6 nitrogen and oxygen atoms in total. The van der Waals surface area contributed by atoms with Crippen LogP contribution in [-0.2, 0) is 6.42 Å². The Hall–Kier alpha value is -1.95. The van der Waals surface area contributed by atoms with E-state index in [-0.39, 0.29) is 5.91 Å². The maximum atomic E-state index is 11.5. The summed E-state index contributed by atoms with van der Waals surface area (Å²) in [7, 11) is 1.56. The van der Waals surface area contributed by atoms with Crippen LogP contribution in [0.25, 0.3) is 5.82 Å². The largest absolute Gasteiger partial charge is 0.354 e. The Labute approximate surface area is 115 Å². The van der Waals surface area contributed by atoms with Crippen molar-refractivity contribution in [1.29, 1.82) is 0 Å². The van der Waals surface area contributed by atoms with E-state index >= 15 is 0 Å². The molecule has 0 aromatic carbocycles. The summed E-state index contributed by atoms with van der Waals surface area (Å²) >= 11 is 6.07. The molecule has 0 saturated heterocycles. The molecule has 2 rings (SSSR count). The number of halogens is 1. The Kier molecular flexibility index (Phi) is 3.80. The summed E-state index contributed by atoms with van der Waals surface area (Å²) in [5.41, 5.74) is 1.06. The molecule has 0 bridgehead atoms. The molecule has 0 spiro atoms. The molecule has 0 radical (unpaired) electrons. The number of nitrogens with one attached hydrogen (secondary N) is 1. The lowest BCUT2D eigenvalue weighted by molar-refractivity contribution is 0.0957. The fourth-order valence-corrected chi connectivity index (χ4v) is 1.77. The van der Waals surface area contributed by atoms with Gasteiger partial charge in [0.1, 0.15) is 11.0 Å². The number of rotatable bonds is 3. The molecular weight excluding hydrogens is 266 g/mol. The van der Waals surface area contributed by atoms with Gasteiger partial charge in [0.2, 0.25) is 0 Å². The van der Waals surface area contributed by atoms with Crippen LogP contribution in [-0.4, -0.2) is 32.7 Å². The van der Waals surface area contributed by atoms with E-state index in [0.29, 0.717) is 28.9 Å². The molecule has 0 saturated carbocycles. The summed E-state index contributed by atoms with van der Waals surface area (Å²) in [6, 6.07) is 1.62. The molecule has 0 unspecified atom stereocenters. The van der Waals surface area contributed by atoms with Gasteiger partial charge < -0.3 is 5.32 Å². The second-order valence-electron chi connectivity index (χ2n) is 3.96. The molecule has 1 N–H and O–H groups in total. The van der Waals surface area contributed by atoms with Crippen LogP contribution in [0, 0.1) is 6.92 Å². The number of hydrogen-bond acceptors (Lipinski definition) is 4. The van der Waals surface area contributed by atoms with Gasteiger partial charge in [0, 0.05) is 25.2 Å². The van der Waals surface area contributed by atoms with E-state index < -0.39 is 0 Å². The number of hydrogen-bond donors (Lipinski definition) is 1. The second kappa shape index (κ2) is 5.36. The van der Waals surface area contributed by atoms with Crippen molar-refractivity contribution < 1.29 is 4.79 Å². The quantitative estimate of drug-likeness (QED) is 0.865. The number of amides is 1. The SMILES string of the molecule is CCc1nc(Cl)c(C)c(-n2ccc(C(=O)NC)n2)n1. The molecule has 7 heteroatoms. The molecular formula is C12H14ClN5O. The highest BCUT2D eigenvalue weighted by atomic mass is 35.5. The predicted molar refractivity (Wildman–Crippen MR) is 71.7 cm³/mol. The van der Waals surface area contributed by atoms with Crippen molar-refractivity contribution in [3.63, 3.8) is 0 Å². The smallest absolute Gasteiger partial charge is 0.271 e. The average Bonchev–Trinajstić information content (AvgIpc) is 2.90. The van der Waals surface area contributed by atoms with Gasteiger partial charge in [-0.25, -0.2) is 14.6 Å². The summed E-state index contributed by atoms with van der Waals surface area (Å²) in [6.45, 7) is 3.77. The summed E-state index contributed by atoms with van der Waals surface area (Å²) in [5, 5.41) is 7.11. The lowest BCUT2D eigenvalue weighted by atomic mass is 10.3. The minimum Gasteiger partial charge on any atom is -0.354 e.